The zero-order valence-corrected chi connectivity index (χ0v) is 30.3. The molecule has 284 valence electrons. The van der Waals surface area contributed by atoms with Gasteiger partial charge in [0.2, 0.25) is 15.9 Å². The third kappa shape index (κ3) is 7.22. The number of hydrogen-bond acceptors (Lipinski definition) is 9. The molecule has 4 heterocycles. The number of sulfonamides is 1. The molecule has 3 aromatic rings. The van der Waals surface area contributed by atoms with E-state index in [-0.39, 0.29) is 53.1 Å². The van der Waals surface area contributed by atoms with E-state index in [0.29, 0.717) is 37.6 Å². The number of halogens is 4. The van der Waals surface area contributed by atoms with Crippen LogP contribution in [-0.2, 0) is 25.8 Å². The fourth-order valence-corrected chi connectivity index (χ4v) is 8.50. The van der Waals surface area contributed by atoms with Crippen molar-refractivity contribution >= 4 is 50.4 Å². The van der Waals surface area contributed by atoms with E-state index in [1.54, 1.807) is 19.2 Å². The Morgan fingerprint density at radius 2 is 1.92 bits per heavy atom. The first-order chi connectivity index (χ1) is 25.1. The summed E-state index contributed by atoms with van der Waals surface area (Å²) in [6, 6.07) is 3.61. The highest BCUT2D eigenvalue weighted by molar-refractivity contribution is 7.91. The molecule has 4 amide bonds. The minimum Gasteiger partial charge on any atom is -0.495 e. The summed E-state index contributed by atoms with van der Waals surface area (Å²) in [4.78, 5) is 48.9. The van der Waals surface area contributed by atoms with Crippen LogP contribution in [0.15, 0.2) is 42.6 Å². The van der Waals surface area contributed by atoms with E-state index in [2.05, 4.69) is 20.1 Å². The van der Waals surface area contributed by atoms with Gasteiger partial charge in [-0.1, -0.05) is 23.8 Å². The maximum atomic E-state index is 14.1. The van der Waals surface area contributed by atoms with Crippen LogP contribution in [0.2, 0.25) is 5.02 Å². The van der Waals surface area contributed by atoms with E-state index in [0.717, 1.165) is 23.4 Å². The Balaban J connectivity index is 1.21. The Hall–Kier alpha value is -4.58. The molecule has 0 bridgehead atoms. The number of hydrogen-bond donors (Lipinski definition) is 2. The number of alkyl halides is 3. The largest absolute Gasteiger partial charge is 0.495 e. The van der Waals surface area contributed by atoms with Crippen LogP contribution in [0.1, 0.15) is 50.6 Å². The highest BCUT2D eigenvalue weighted by atomic mass is 35.5. The molecule has 1 saturated heterocycles. The van der Waals surface area contributed by atoms with Crippen LogP contribution in [-0.4, -0.2) is 101 Å². The zero-order chi connectivity index (χ0) is 37.9. The van der Waals surface area contributed by atoms with Crippen LogP contribution < -0.4 is 19.5 Å². The Morgan fingerprint density at radius 3 is 2.62 bits per heavy atom. The Bertz CT molecular complexity index is 2110. The third-order valence-corrected chi connectivity index (χ3v) is 12.3. The van der Waals surface area contributed by atoms with Gasteiger partial charge in [0.25, 0.3) is 5.91 Å². The fourth-order valence-electron chi connectivity index (χ4n) is 6.85. The number of likely N-dealkylation sites (N-methyl/N-ethyl adjacent to an activating group) is 1. The topological polar surface area (TPSA) is 165 Å². The fraction of sp³-hybridized carbons (Fsp3) is 0.500. The Morgan fingerprint density at radius 1 is 1.15 bits per heavy atom. The number of amides is 4. The second kappa shape index (κ2) is 13.7. The van der Waals surface area contributed by atoms with Crippen LogP contribution >= 0.6 is 11.6 Å². The van der Waals surface area contributed by atoms with Crippen molar-refractivity contribution in [1.82, 2.24) is 34.6 Å². The van der Waals surface area contributed by atoms with Crippen LogP contribution in [0.25, 0.3) is 16.7 Å². The SMILES string of the molecule is COc1ccc2c(O[C@H]3C[C@H]4C(=O)N(C)CCCC/C=C\[C@H]5C[C@@]5(C(=O)NS(=O)(=O)C5CC5)NC(=O)N4C3)cc(-n3ccc(C(F)(F)F)n3)nc2c1Cl. The van der Waals surface area contributed by atoms with Crippen molar-refractivity contribution in [3.8, 4) is 17.3 Å². The van der Waals surface area contributed by atoms with Gasteiger partial charge in [0.15, 0.2) is 11.5 Å². The third-order valence-electron chi connectivity index (χ3n) is 10.1. The lowest BCUT2D eigenvalue weighted by atomic mass is 10.1. The number of urea groups is 1. The normalized spacial score (nSPS) is 26.0. The molecular weight excluding hydrogens is 743 g/mol. The number of rotatable bonds is 7. The molecule has 19 heteroatoms. The Labute approximate surface area is 307 Å². The zero-order valence-electron chi connectivity index (χ0n) is 28.7. The quantitative estimate of drug-likeness (QED) is 0.335. The van der Waals surface area contributed by atoms with Gasteiger partial charge in [0, 0.05) is 43.6 Å². The van der Waals surface area contributed by atoms with Gasteiger partial charge in [0.1, 0.15) is 34.2 Å². The Kier molecular flexibility index (Phi) is 9.49. The van der Waals surface area contributed by atoms with Crippen molar-refractivity contribution < 1.29 is 45.4 Å². The maximum Gasteiger partial charge on any atom is 0.435 e. The van der Waals surface area contributed by atoms with Crippen molar-refractivity contribution in [2.45, 2.75) is 74.1 Å². The first kappa shape index (κ1) is 36.8. The lowest BCUT2D eigenvalue weighted by Crippen LogP contribution is -2.57. The van der Waals surface area contributed by atoms with Gasteiger partial charge in [0.05, 0.1) is 24.4 Å². The number of allylic oxidation sites excluding steroid dienone is 1. The summed E-state index contributed by atoms with van der Waals surface area (Å²) in [5.41, 5.74) is -2.53. The maximum absolute atomic E-state index is 14.1. The molecule has 7 rings (SSSR count). The van der Waals surface area contributed by atoms with Crippen molar-refractivity contribution in [2.24, 2.45) is 5.92 Å². The number of fused-ring (bicyclic) bond motifs is 3. The number of benzene rings is 1. The highest BCUT2D eigenvalue weighted by Crippen LogP contribution is 2.46. The van der Waals surface area contributed by atoms with E-state index in [4.69, 9.17) is 21.1 Å². The summed E-state index contributed by atoms with van der Waals surface area (Å²) in [7, 11) is -0.875. The van der Waals surface area contributed by atoms with Crippen molar-refractivity contribution in [3.63, 3.8) is 0 Å². The monoisotopic (exact) mass is 779 g/mol. The summed E-state index contributed by atoms with van der Waals surface area (Å²) in [6.45, 7) is 0.305. The summed E-state index contributed by atoms with van der Waals surface area (Å²) in [5.74, 6) is -1.30. The lowest BCUT2D eigenvalue weighted by Gasteiger charge is -2.30. The van der Waals surface area contributed by atoms with Gasteiger partial charge in [-0.15, -0.1) is 0 Å². The molecule has 0 radical (unpaired) electrons. The number of aromatic nitrogens is 3. The first-order valence-corrected chi connectivity index (χ1v) is 19.1. The molecule has 2 N–H and O–H groups in total. The van der Waals surface area contributed by atoms with Crippen LogP contribution in [0.4, 0.5) is 18.0 Å². The van der Waals surface area contributed by atoms with Crippen molar-refractivity contribution in [2.75, 3.05) is 27.2 Å². The molecular formula is C34H37ClF3N7O7S. The second-order valence-electron chi connectivity index (χ2n) is 13.8. The van der Waals surface area contributed by atoms with E-state index in [1.807, 2.05) is 12.2 Å². The van der Waals surface area contributed by atoms with Crippen molar-refractivity contribution in [3.05, 3.63) is 53.3 Å². The van der Waals surface area contributed by atoms with Gasteiger partial charge in [-0.2, -0.15) is 18.3 Å². The standard InChI is InChI=1S/C34H37ClF3N7O7S/c1-43-13-6-4-3-5-7-19-17-33(19,31(47)42-53(49,50)21-8-9-21)40-32(48)44-18-20(15-23(44)30(43)46)52-25-16-27(45-14-12-26(41-45)34(36,37)38)39-29-22(25)10-11-24(51-2)28(29)35/h5,7,10-12,14,16,19-21,23H,3-4,6,8-9,13,15,17-18H2,1-2H3,(H,40,48)(H,42,47)/b7-5-/t19-,20-,23-,33+/m0/s1. The number of methoxy groups -OCH3 is 1. The average molecular weight is 780 g/mol. The van der Waals surface area contributed by atoms with Crippen LogP contribution in [0.5, 0.6) is 11.5 Å². The number of pyridine rings is 1. The molecule has 3 fully saturated rings. The van der Waals surface area contributed by atoms with Gasteiger partial charge < -0.3 is 24.6 Å². The van der Waals surface area contributed by atoms with E-state index >= 15 is 0 Å². The van der Waals surface area contributed by atoms with E-state index in [1.165, 1.54) is 23.0 Å². The summed E-state index contributed by atoms with van der Waals surface area (Å²) >= 11 is 6.62. The minimum absolute atomic E-state index is 0.0260. The number of nitrogens with zero attached hydrogens (tertiary/aromatic N) is 5. The molecule has 1 aromatic carbocycles. The van der Waals surface area contributed by atoms with Gasteiger partial charge in [-0.25, -0.2) is 22.9 Å². The molecule has 4 aliphatic rings. The van der Waals surface area contributed by atoms with Gasteiger partial charge in [-0.3, -0.25) is 14.3 Å². The number of carbonyl (C=O) groups is 3. The van der Waals surface area contributed by atoms with Crippen molar-refractivity contribution in [1.29, 1.82) is 0 Å². The number of ether oxygens (including phenoxy) is 2. The average Bonchev–Trinajstić information content (AvgIpc) is 3.98. The molecule has 2 aromatic heterocycles. The predicted molar refractivity (Wildman–Crippen MR) is 185 cm³/mol. The van der Waals surface area contributed by atoms with E-state index < -0.39 is 62.7 Å². The molecule has 2 saturated carbocycles. The van der Waals surface area contributed by atoms with Crippen LogP contribution in [0.3, 0.4) is 0 Å². The molecule has 0 unspecified atom stereocenters. The first-order valence-electron chi connectivity index (χ1n) is 17.1. The molecule has 4 atom stereocenters. The van der Waals surface area contributed by atoms with Gasteiger partial charge in [-0.05, 0) is 56.7 Å². The second-order valence-corrected chi connectivity index (χ2v) is 16.2. The smallest absolute Gasteiger partial charge is 0.435 e. The van der Waals surface area contributed by atoms with Crippen LogP contribution in [0, 0.1) is 5.92 Å². The van der Waals surface area contributed by atoms with Gasteiger partial charge >= 0.3 is 12.2 Å². The summed E-state index contributed by atoms with van der Waals surface area (Å²) in [6.07, 6.45) is 2.50. The lowest BCUT2D eigenvalue weighted by molar-refractivity contribution is -0.141. The van der Waals surface area contributed by atoms with E-state index in [9.17, 15) is 36.0 Å². The predicted octanol–water partition coefficient (Wildman–Crippen LogP) is 4.20. The molecule has 2 aliphatic heterocycles. The summed E-state index contributed by atoms with van der Waals surface area (Å²) in [5, 5.41) is 6.21. The minimum atomic E-state index is -4.70. The summed E-state index contributed by atoms with van der Waals surface area (Å²) < 4.78 is 80.6. The molecule has 14 nitrogen and oxygen atoms in total. The number of carbonyl (C=O) groups excluding carboxylic acids is 3. The highest BCUT2D eigenvalue weighted by Gasteiger charge is 2.62. The molecule has 2 aliphatic carbocycles. The molecule has 0 spiro atoms. The number of nitrogens with one attached hydrogen (secondary N) is 2. The molecule has 53 heavy (non-hydrogen) atoms.